The van der Waals surface area contributed by atoms with E-state index in [0.717, 1.165) is 11.3 Å². The van der Waals surface area contributed by atoms with E-state index in [-0.39, 0.29) is 5.82 Å². The van der Waals surface area contributed by atoms with Crippen LogP contribution in [0.1, 0.15) is 5.69 Å². The van der Waals surface area contributed by atoms with Gasteiger partial charge in [0.25, 0.3) is 0 Å². The lowest BCUT2D eigenvalue weighted by Gasteiger charge is -1.94. The monoisotopic (exact) mass is 300 g/mol. The molecule has 6 nitrogen and oxygen atoms in total. The predicted molar refractivity (Wildman–Crippen MR) is 76.4 cm³/mol. The van der Waals surface area contributed by atoms with Gasteiger partial charge in [-0.25, -0.2) is 4.39 Å². The molecule has 0 saturated heterocycles. The van der Waals surface area contributed by atoms with Crippen molar-refractivity contribution in [2.45, 2.75) is 6.92 Å². The lowest BCUT2D eigenvalue weighted by atomic mass is 10.2. The Kier molecular flexibility index (Phi) is 2.58. The topological polar surface area (TPSA) is 71.8 Å². The van der Waals surface area contributed by atoms with Gasteiger partial charge in [-0.2, -0.15) is 14.7 Å². The predicted octanol–water partition coefficient (Wildman–Crippen LogP) is 2.69. The van der Waals surface area contributed by atoms with Crippen molar-refractivity contribution in [3.63, 3.8) is 0 Å². The minimum absolute atomic E-state index is 0.290. The smallest absolute Gasteiger partial charge is 0.235 e. The number of rotatable bonds is 2. The quantitative estimate of drug-likeness (QED) is 0.618. The average molecular weight is 300 g/mol. The molecule has 0 aliphatic rings. The van der Waals surface area contributed by atoms with E-state index in [0.29, 0.717) is 21.5 Å². The van der Waals surface area contributed by atoms with Gasteiger partial charge in [-0.3, -0.25) is 5.10 Å². The Bertz CT molecular complexity index is 937. The van der Waals surface area contributed by atoms with Crippen molar-refractivity contribution in [2.24, 2.45) is 0 Å². The Morgan fingerprint density at radius 3 is 2.90 bits per heavy atom. The van der Waals surface area contributed by atoms with Crippen molar-refractivity contribution in [1.29, 1.82) is 0 Å². The first-order valence-electron chi connectivity index (χ1n) is 6.21. The van der Waals surface area contributed by atoms with Crippen LogP contribution in [-0.4, -0.2) is 30.0 Å². The van der Waals surface area contributed by atoms with Gasteiger partial charge in [-0.1, -0.05) is 23.5 Å². The normalized spacial score (nSPS) is 11.3. The van der Waals surface area contributed by atoms with Crippen LogP contribution in [0.5, 0.6) is 0 Å². The van der Waals surface area contributed by atoms with Crippen LogP contribution >= 0.6 is 11.3 Å². The van der Waals surface area contributed by atoms with Gasteiger partial charge in [-0.05, 0) is 25.1 Å². The summed E-state index contributed by atoms with van der Waals surface area (Å²) in [6, 6.07) is 8.20. The third-order valence-electron chi connectivity index (χ3n) is 3.00. The Balaban J connectivity index is 1.86. The Hall–Kier alpha value is -2.61. The fraction of sp³-hybridized carbons (Fsp3) is 0.0769. The summed E-state index contributed by atoms with van der Waals surface area (Å²) in [5, 5.41) is 20.4. The fourth-order valence-electron chi connectivity index (χ4n) is 2.05. The number of aryl methyl sites for hydroxylation is 1. The second-order valence-electron chi connectivity index (χ2n) is 4.57. The highest BCUT2D eigenvalue weighted by Crippen LogP contribution is 2.27. The number of aromatic nitrogens is 6. The molecule has 4 aromatic rings. The molecule has 0 spiro atoms. The second kappa shape index (κ2) is 4.45. The van der Waals surface area contributed by atoms with E-state index in [2.05, 4.69) is 25.5 Å². The summed E-state index contributed by atoms with van der Waals surface area (Å²) in [5.74, 6) is 0.273. The van der Waals surface area contributed by atoms with E-state index in [9.17, 15) is 4.39 Å². The molecule has 21 heavy (non-hydrogen) atoms. The van der Waals surface area contributed by atoms with E-state index < -0.39 is 0 Å². The number of hydrogen-bond donors (Lipinski definition) is 1. The third kappa shape index (κ3) is 2.00. The van der Waals surface area contributed by atoms with Gasteiger partial charge in [0, 0.05) is 11.3 Å². The van der Waals surface area contributed by atoms with Crippen molar-refractivity contribution < 1.29 is 4.39 Å². The maximum Gasteiger partial charge on any atom is 0.235 e. The van der Waals surface area contributed by atoms with Crippen molar-refractivity contribution in [3.05, 3.63) is 41.8 Å². The highest BCUT2D eigenvalue weighted by Gasteiger charge is 2.16. The Morgan fingerprint density at radius 2 is 2.14 bits per heavy atom. The van der Waals surface area contributed by atoms with E-state index in [1.165, 1.54) is 23.5 Å². The van der Waals surface area contributed by atoms with Crippen LogP contribution in [-0.2, 0) is 0 Å². The number of fused-ring (bicyclic) bond motifs is 1. The molecule has 0 aliphatic carbocycles. The number of aromatic amines is 1. The maximum absolute atomic E-state index is 13.3. The number of benzene rings is 1. The number of H-pyrrole nitrogens is 1. The average Bonchev–Trinajstić information content (AvgIpc) is 3.13. The van der Waals surface area contributed by atoms with E-state index in [4.69, 9.17) is 0 Å². The van der Waals surface area contributed by atoms with Crippen molar-refractivity contribution in [2.75, 3.05) is 0 Å². The minimum atomic E-state index is -0.290. The largest absolute Gasteiger partial charge is 0.282 e. The van der Waals surface area contributed by atoms with E-state index in [1.54, 1.807) is 10.6 Å². The van der Waals surface area contributed by atoms with Crippen LogP contribution in [0.3, 0.4) is 0 Å². The molecule has 0 amide bonds. The molecular formula is C13H9FN6S. The van der Waals surface area contributed by atoms with E-state index >= 15 is 0 Å². The van der Waals surface area contributed by atoms with Gasteiger partial charge < -0.3 is 0 Å². The van der Waals surface area contributed by atoms with Gasteiger partial charge in [0.15, 0.2) is 0 Å². The van der Waals surface area contributed by atoms with Crippen molar-refractivity contribution in [1.82, 2.24) is 30.0 Å². The molecule has 3 aromatic heterocycles. The first-order chi connectivity index (χ1) is 10.2. The molecule has 3 heterocycles. The van der Waals surface area contributed by atoms with Crippen LogP contribution in [0, 0.1) is 12.7 Å². The summed E-state index contributed by atoms with van der Waals surface area (Å²) in [7, 11) is 0. The third-order valence-corrected chi connectivity index (χ3v) is 3.95. The van der Waals surface area contributed by atoms with Crippen LogP contribution in [0.4, 0.5) is 4.39 Å². The molecule has 8 heteroatoms. The molecule has 1 aromatic carbocycles. The molecule has 0 bridgehead atoms. The fourth-order valence-corrected chi connectivity index (χ4v) is 2.88. The molecule has 0 saturated carbocycles. The van der Waals surface area contributed by atoms with Crippen molar-refractivity contribution >= 4 is 16.3 Å². The SMILES string of the molecule is Cc1cc(-c2nnc3sc(-c4cccc(F)c4)nn23)n[nH]1. The summed E-state index contributed by atoms with van der Waals surface area (Å²) in [6.07, 6.45) is 0. The summed E-state index contributed by atoms with van der Waals surface area (Å²) >= 11 is 1.35. The summed E-state index contributed by atoms with van der Waals surface area (Å²) in [6.45, 7) is 1.91. The molecule has 0 aliphatic heterocycles. The summed E-state index contributed by atoms with van der Waals surface area (Å²) in [5.41, 5.74) is 2.33. The number of nitrogens with zero attached hydrogens (tertiary/aromatic N) is 5. The van der Waals surface area contributed by atoms with Crippen LogP contribution in [0.2, 0.25) is 0 Å². The Morgan fingerprint density at radius 1 is 1.24 bits per heavy atom. The Labute approximate surface area is 122 Å². The second-order valence-corrected chi connectivity index (χ2v) is 5.53. The summed E-state index contributed by atoms with van der Waals surface area (Å²) < 4.78 is 14.9. The standard InChI is InChI=1S/C13H9FN6S/c1-7-5-10(16-15-7)11-17-18-13-20(11)19-12(21-13)8-3-2-4-9(14)6-8/h2-6H,1H3,(H,15,16). The zero-order chi connectivity index (χ0) is 14.4. The molecule has 4 rings (SSSR count). The van der Waals surface area contributed by atoms with Crippen molar-refractivity contribution in [3.8, 4) is 22.1 Å². The first-order valence-corrected chi connectivity index (χ1v) is 7.03. The van der Waals surface area contributed by atoms with Gasteiger partial charge in [0.05, 0.1) is 0 Å². The maximum atomic E-state index is 13.3. The molecule has 104 valence electrons. The zero-order valence-electron chi connectivity index (χ0n) is 10.9. The first kappa shape index (κ1) is 12.2. The number of nitrogens with one attached hydrogen (secondary N) is 1. The van der Waals surface area contributed by atoms with Gasteiger partial charge >= 0.3 is 0 Å². The number of hydrogen-bond acceptors (Lipinski definition) is 5. The number of halogens is 1. The van der Waals surface area contributed by atoms with Gasteiger partial charge in [0.2, 0.25) is 10.8 Å². The van der Waals surface area contributed by atoms with Crippen LogP contribution < -0.4 is 0 Å². The van der Waals surface area contributed by atoms with Crippen LogP contribution in [0.25, 0.3) is 27.1 Å². The summed E-state index contributed by atoms with van der Waals surface area (Å²) in [4.78, 5) is 0.643. The molecule has 0 radical (unpaired) electrons. The van der Waals surface area contributed by atoms with Crippen LogP contribution in [0.15, 0.2) is 30.3 Å². The highest BCUT2D eigenvalue weighted by molar-refractivity contribution is 7.19. The zero-order valence-corrected chi connectivity index (χ0v) is 11.7. The lowest BCUT2D eigenvalue weighted by Crippen LogP contribution is -1.91. The molecular weight excluding hydrogens is 291 g/mol. The molecule has 0 atom stereocenters. The molecule has 0 unspecified atom stereocenters. The molecule has 1 N–H and O–H groups in total. The lowest BCUT2D eigenvalue weighted by molar-refractivity contribution is 0.628. The van der Waals surface area contributed by atoms with E-state index in [1.807, 2.05) is 19.1 Å². The molecule has 0 fully saturated rings. The highest BCUT2D eigenvalue weighted by atomic mass is 32.1. The van der Waals surface area contributed by atoms with Gasteiger partial charge in [-0.15, -0.1) is 10.2 Å². The van der Waals surface area contributed by atoms with Gasteiger partial charge in [0.1, 0.15) is 16.5 Å². The minimum Gasteiger partial charge on any atom is -0.282 e.